The zero-order valence-corrected chi connectivity index (χ0v) is 22.1. The summed E-state index contributed by atoms with van der Waals surface area (Å²) in [4.78, 5) is 16.4. The minimum atomic E-state index is 0.944. The zero-order chi connectivity index (χ0) is 27.2. The molecule has 0 N–H and O–H groups in total. The second kappa shape index (κ2) is 9.54. The SMILES string of the molecule is c1ccc(-c2cccc(N3c4ccccc4-c4cnccc4-c4ccc(-c5cc6ccccc6cn5)cc43)c2)nc1. The molecule has 0 amide bonds. The van der Waals surface area contributed by atoms with Crippen molar-refractivity contribution in [2.75, 3.05) is 4.90 Å². The zero-order valence-electron chi connectivity index (χ0n) is 22.1. The van der Waals surface area contributed by atoms with Gasteiger partial charge in [-0.15, -0.1) is 0 Å². The highest BCUT2D eigenvalue weighted by Crippen LogP contribution is 2.51. The van der Waals surface area contributed by atoms with Crippen LogP contribution in [0.1, 0.15) is 0 Å². The standard InChI is InChI=1S/C37H24N4/c1-2-9-28-23-40-35(21-25(28)8-1)27-15-16-32-30-17-19-38-24-33(30)31-12-3-4-14-36(31)41(37(32)22-27)29-11-7-10-26(20-29)34-13-5-6-18-39-34/h1-24H. The first-order valence-corrected chi connectivity index (χ1v) is 13.7. The van der Waals surface area contributed by atoms with E-state index in [1.54, 1.807) is 0 Å². The van der Waals surface area contributed by atoms with E-state index >= 15 is 0 Å². The Morgan fingerprint density at radius 3 is 2.20 bits per heavy atom. The lowest BCUT2D eigenvalue weighted by molar-refractivity contribution is 1.28. The molecule has 0 radical (unpaired) electrons. The van der Waals surface area contributed by atoms with E-state index in [-0.39, 0.29) is 0 Å². The quantitative estimate of drug-likeness (QED) is 0.231. The van der Waals surface area contributed by atoms with Crippen molar-refractivity contribution < 1.29 is 0 Å². The van der Waals surface area contributed by atoms with Gasteiger partial charge in [0, 0.05) is 63.7 Å². The van der Waals surface area contributed by atoms with E-state index in [1.165, 1.54) is 5.39 Å². The maximum atomic E-state index is 4.85. The molecular weight excluding hydrogens is 500 g/mol. The average Bonchev–Trinajstić information content (AvgIpc) is 3.17. The van der Waals surface area contributed by atoms with E-state index < -0.39 is 0 Å². The molecule has 0 atom stereocenters. The Balaban J connectivity index is 1.40. The topological polar surface area (TPSA) is 41.9 Å². The van der Waals surface area contributed by atoms with Gasteiger partial charge in [0.15, 0.2) is 0 Å². The summed E-state index contributed by atoms with van der Waals surface area (Å²) in [6.07, 6.45) is 7.65. The first kappa shape index (κ1) is 23.3. The Kier molecular flexibility index (Phi) is 5.42. The molecule has 0 fully saturated rings. The van der Waals surface area contributed by atoms with Gasteiger partial charge in [-0.3, -0.25) is 15.0 Å². The molecule has 8 rings (SSSR count). The lowest BCUT2D eigenvalue weighted by Gasteiger charge is -2.28. The van der Waals surface area contributed by atoms with Crippen LogP contribution in [0.3, 0.4) is 0 Å². The highest BCUT2D eigenvalue weighted by atomic mass is 15.1. The molecule has 4 heterocycles. The molecular formula is C37H24N4. The van der Waals surface area contributed by atoms with Gasteiger partial charge in [0.05, 0.1) is 22.8 Å². The van der Waals surface area contributed by atoms with Gasteiger partial charge in [-0.1, -0.05) is 72.8 Å². The van der Waals surface area contributed by atoms with Gasteiger partial charge in [0.1, 0.15) is 0 Å². The number of hydrogen-bond acceptors (Lipinski definition) is 4. The molecule has 4 aromatic carbocycles. The molecule has 3 aromatic heterocycles. The molecule has 0 unspecified atom stereocenters. The van der Waals surface area contributed by atoms with Crippen LogP contribution >= 0.6 is 0 Å². The summed E-state index contributed by atoms with van der Waals surface area (Å²) in [5.41, 5.74) is 11.8. The second-order valence-electron chi connectivity index (χ2n) is 10.2. The molecule has 4 heteroatoms. The number of aromatic nitrogens is 3. The Labute approximate surface area is 238 Å². The largest absolute Gasteiger partial charge is 0.309 e. The molecule has 4 nitrogen and oxygen atoms in total. The third-order valence-electron chi connectivity index (χ3n) is 7.78. The molecule has 0 aliphatic carbocycles. The van der Waals surface area contributed by atoms with Crippen LogP contribution in [0.4, 0.5) is 17.1 Å². The van der Waals surface area contributed by atoms with Crippen LogP contribution in [-0.2, 0) is 0 Å². The summed E-state index contributed by atoms with van der Waals surface area (Å²) in [7, 11) is 0. The van der Waals surface area contributed by atoms with E-state index in [9.17, 15) is 0 Å². The van der Waals surface area contributed by atoms with Crippen molar-refractivity contribution in [3.63, 3.8) is 0 Å². The smallest absolute Gasteiger partial charge is 0.0709 e. The number of para-hydroxylation sites is 1. The fourth-order valence-electron chi connectivity index (χ4n) is 5.83. The molecule has 0 bridgehead atoms. The summed E-state index contributed by atoms with van der Waals surface area (Å²) in [6, 6.07) is 42.5. The van der Waals surface area contributed by atoms with Gasteiger partial charge in [0.2, 0.25) is 0 Å². The van der Waals surface area contributed by atoms with Crippen molar-refractivity contribution in [3.05, 3.63) is 146 Å². The maximum absolute atomic E-state index is 4.85. The number of anilines is 3. The number of fused-ring (bicyclic) bond motifs is 6. The Morgan fingerprint density at radius 2 is 1.27 bits per heavy atom. The van der Waals surface area contributed by atoms with Crippen molar-refractivity contribution in [3.8, 4) is 44.8 Å². The number of nitrogens with zero attached hydrogens (tertiary/aromatic N) is 4. The second-order valence-corrected chi connectivity index (χ2v) is 10.2. The normalized spacial score (nSPS) is 11.9. The molecule has 0 spiro atoms. The van der Waals surface area contributed by atoms with E-state index in [2.05, 4.69) is 118 Å². The minimum Gasteiger partial charge on any atom is -0.309 e. The first-order valence-electron chi connectivity index (χ1n) is 13.7. The van der Waals surface area contributed by atoms with E-state index in [0.29, 0.717) is 0 Å². The summed E-state index contributed by atoms with van der Waals surface area (Å²) in [5.74, 6) is 0. The Hall–Kier alpha value is -5.61. The fourth-order valence-corrected chi connectivity index (χ4v) is 5.83. The minimum absolute atomic E-state index is 0.944. The van der Waals surface area contributed by atoms with Crippen molar-refractivity contribution in [1.82, 2.24) is 15.0 Å². The summed E-state index contributed by atoms with van der Waals surface area (Å²) < 4.78 is 0. The van der Waals surface area contributed by atoms with Gasteiger partial charge in [-0.05, 0) is 59.5 Å². The number of rotatable bonds is 3. The van der Waals surface area contributed by atoms with Crippen LogP contribution in [0.5, 0.6) is 0 Å². The monoisotopic (exact) mass is 524 g/mol. The fraction of sp³-hybridized carbons (Fsp3) is 0. The third kappa shape index (κ3) is 3.97. The number of hydrogen-bond donors (Lipinski definition) is 0. The number of benzene rings is 4. The average molecular weight is 525 g/mol. The molecule has 192 valence electrons. The summed E-state index contributed by atoms with van der Waals surface area (Å²) in [6.45, 7) is 0. The lowest BCUT2D eigenvalue weighted by Crippen LogP contribution is -2.11. The van der Waals surface area contributed by atoms with Gasteiger partial charge in [-0.2, -0.15) is 0 Å². The molecule has 0 saturated carbocycles. The Morgan fingerprint density at radius 1 is 0.439 bits per heavy atom. The predicted molar refractivity (Wildman–Crippen MR) is 167 cm³/mol. The predicted octanol–water partition coefficient (Wildman–Crippen LogP) is 9.48. The lowest BCUT2D eigenvalue weighted by atomic mass is 9.95. The van der Waals surface area contributed by atoms with Crippen molar-refractivity contribution in [2.45, 2.75) is 0 Å². The van der Waals surface area contributed by atoms with Crippen LogP contribution in [0.2, 0.25) is 0 Å². The summed E-state index contributed by atoms with van der Waals surface area (Å²) >= 11 is 0. The summed E-state index contributed by atoms with van der Waals surface area (Å²) in [5, 5.41) is 2.31. The van der Waals surface area contributed by atoms with E-state index in [4.69, 9.17) is 4.98 Å². The van der Waals surface area contributed by atoms with E-state index in [1.807, 2.05) is 43.0 Å². The molecule has 0 saturated heterocycles. The highest BCUT2D eigenvalue weighted by molar-refractivity contribution is 6.03. The van der Waals surface area contributed by atoms with E-state index in [0.717, 1.165) is 67.2 Å². The third-order valence-corrected chi connectivity index (χ3v) is 7.78. The van der Waals surface area contributed by atoms with Crippen molar-refractivity contribution >= 4 is 27.8 Å². The van der Waals surface area contributed by atoms with Crippen LogP contribution in [0.25, 0.3) is 55.5 Å². The van der Waals surface area contributed by atoms with Crippen LogP contribution in [0.15, 0.2) is 146 Å². The Bertz CT molecular complexity index is 2070. The van der Waals surface area contributed by atoms with Crippen LogP contribution in [0, 0.1) is 0 Å². The van der Waals surface area contributed by atoms with Gasteiger partial charge in [-0.25, -0.2) is 0 Å². The van der Waals surface area contributed by atoms with Crippen LogP contribution in [-0.4, -0.2) is 15.0 Å². The van der Waals surface area contributed by atoms with Gasteiger partial charge < -0.3 is 4.90 Å². The molecule has 1 aliphatic heterocycles. The maximum Gasteiger partial charge on any atom is 0.0709 e. The van der Waals surface area contributed by atoms with Gasteiger partial charge >= 0.3 is 0 Å². The van der Waals surface area contributed by atoms with Crippen LogP contribution < -0.4 is 4.90 Å². The van der Waals surface area contributed by atoms with Crippen molar-refractivity contribution in [1.29, 1.82) is 0 Å². The first-order chi connectivity index (χ1) is 20.3. The highest BCUT2D eigenvalue weighted by Gasteiger charge is 2.27. The molecule has 7 aromatic rings. The van der Waals surface area contributed by atoms with Crippen molar-refractivity contribution in [2.24, 2.45) is 0 Å². The number of pyridine rings is 3. The molecule has 41 heavy (non-hydrogen) atoms. The molecule has 1 aliphatic rings. The van der Waals surface area contributed by atoms with Gasteiger partial charge in [0.25, 0.3) is 0 Å².